The number of hydrogen-bond acceptors (Lipinski definition) is 1. The van der Waals surface area contributed by atoms with Crippen LogP contribution in [0.25, 0.3) is 0 Å². The Morgan fingerprint density at radius 3 is 2.55 bits per heavy atom. The average molecular weight is 272 g/mol. The van der Waals surface area contributed by atoms with E-state index in [2.05, 4.69) is 44.2 Å². The lowest BCUT2D eigenvalue weighted by molar-refractivity contribution is 0.282. The quantitative estimate of drug-likeness (QED) is 0.572. The summed E-state index contributed by atoms with van der Waals surface area (Å²) in [6, 6.07) is 9.27. The molecule has 110 valence electrons. The van der Waals surface area contributed by atoms with Crippen LogP contribution in [0.1, 0.15) is 75.3 Å². The van der Waals surface area contributed by atoms with Gasteiger partial charge in [-0.3, -0.25) is 0 Å². The summed E-state index contributed by atoms with van der Waals surface area (Å²) < 4.78 is 5.34. The minimum absolute atomic E-state index is 0.550. The first kappa shape index (κ1) is 15.2. The Balaban J connectivity index is 1.94. The largest absolute Gasteiger partial charge is 0.501 e. The second-order valence-electron chi connectivity index (χ2n) is 6.05. The van der Waals surface area contributed by atoms with Gasteiger partial charge in [-0.1, -0.05) is 57.4 Å². The third kappa shape index (κ3) is 3.88. The highest BCUT2D eigenvalue weighted by atomic mass is 16.5. The van der Waals surface area contributed by atoms with Gasteiger partial charge in [0.15, 0.2) is 0 Å². The van der Waals surface area contributed by atoms with Crippen molar-refractivity contribution in [2.45, 2.75) is 64.2 Å². The number of allylic oxidation sites excluding steroid dienone is 2. The van der Waals surface area contributed by atoms with E-state index in [1.807, 2.05) is 0 Å². The van der Waals surface area contributed by atoms with Gasteiger partial charge < -0.3 is 4.74 Å². The molecule has 1 aromatic carbocycles. The number of ether oxygens (including phenoxy) is 1. The Morgan fingerprint density at radius 1 is 1.20 bits per heavy atom. The van der Waals surface area contributed by atoms with Gasteiger partial charge in [0.25, 0.3) is 0 Å². The van der Waals surface area contributed by atoms with Gasteiger partial charge in [0, 0.05) is 12.3 Å². The van der Waals surface area contributed by atoms with Gasteiger partial charge in [0.05, 0.1) is 12.9 Å². The van der Waals surface area contributed by atoms with E-state index in [0.717, 1.165) is 12.2 Å². The highest BCUT2D eigenvalue weighted by Crippen LogP contribution is 2.33. The molecule has 0 fully saturated rings. The fourth-order valence-electron chi connectivity index (χ4n) is 3.06. The lowest BCUT2D eigenvalue weighted by atomic mass is 9.91. The topological polar surface area (TPSA) is 9.23 Å². The first-order chi connectivity index (χ1) is 9.74. The van der Waals surface area contributed by atoms with Crippen LogP contribution in [0.5, 0.6) is 0 Å². The zero-order chi connectivity index (χ0) is 14.4. The Labute approximate surface area is 124 Å². The maximum atomic E-state index is 5.34. The summed E-state index contributed by atoms with van der Waals surface area (Å²) in [5.41, 5.74) is 2.92. The predicted molar refractivity (Wildman–Crippen MR) is 86.1 cm³/mol. The van der Waals surface area contributed by atoms with Crippen molar-refractivity contribution in [1.29, 1.82) is 0 Å². The Bertz CT molecular complexity index is 430. The van der Waals surface area contributed by atoms with E-state index in [0.29, 0.717) is 11.8 Å². The van der Waals surface area contributed by atoms with Crippen LogP contribution >= 0.6 is 0 Å². The minimum atomic E-state index is 0.550. The highest BCUT2D eigenvalue weighted by molar-refractivity contribution is 5.31. The maximum Gasteiger partial charge on any atom is 0.0922 e. The molecule has 1 aromatic rings. The average Bonchev–Trinajstić information content (AvgIpc) is 2.96. The van der Waals surface area contributed by atoms with Gasteiger partial charge in [0.1, 0.15) is 0 Å². The van der Waals surface area contributed by atoms with E-state index in [9.17, 15) is 0 Å². The van der Waals surface area contributed by atoms with Gasteiger partial charge in [-0.15, -0.1) is 0 Å². The van der Waals surface area contributed by atoms with Gasteiger partial charge in [-0.25, -0.2) is 0 Å². The highest BCUT2D eigenvalue weighted by Gasteiger charge is 2.18. The van der Waals surface area contributed by atoms with Crippen molar-refractivity contribution in [2.24, 2.45) is 0 Å². The number of rotatable bonds is 7. The molecule has 0 saturated heterocycles. The molecule has 1 aliphatic rings. The van der Waals surface area contributed by atoms with Gasteiger partial charge in [0.2, 0.25) is 0 Å². The molecule has 2 atom stereocenters. The van der Waals surface area contributed by atoms with Gasteiger partial charge in [-0.2, -0.15) is 0 Å². The van der Waals surface area contributed by atoms with Crippen LogP contribution in [0.2, 0.25) is 0 Å². The number of hydrogen-bond donors (Lipinski definition) is 0. The first-order valence-corrected chi connectivity index (χ1v) is 8.09. The summed E-state index contributed by atoms with van der Waals surface area (Å²) in [6.45, 7) is 4.62. The smallest absolute Gasteiger partial charge is 0.0922 e. The lowest BCUT2D eigenvalue weighted by Crippen LogP contribution is -1.96. The molecule has 1 unspecified atom stereocenters. The third-order valence-electron chi connectivity index (χ3n) is 4.53. The van der Waals surface area contributed by atoms with E-state index >= 15 is 0 Å². The molecule has 0 radical (unpaired) electrons. The molecule has 0 spiro atoms. The van der Waals surface area contributed by atoms with E-state index in [-0.39, 0.29) is 0 Å². The maximum absolute atomic E-state index is 5.34. The molecule has 0 aliphatic heterocycles. The van der Waals surface area contributed by atoms with Crippen molar-refractivity contribution < 1.29 is 4.74 Å². The van der Waals surface area contributed by atoms with E-state index in [4.69, 9.17) is 4.74 Å². The summed E-state index contributed by atoms with van der Waals surface area (Å²) in [5.74, 6) is 2.38. The molecule has 1 nitrogen and oxygen atoms in total. The van der Waals surface area contributed by atoms with Crippen LogP contribution < -0.4 is 0 Å². The van der Waals surface area contributed by atoms with Crippen molar-refractivity contribution in [3.05, 3.63) is 47.2 Å². The summed E-state index contributed by atoms with van der Waals surface area (Å²) in [4.78, 5) is 0. The molecule has 1 aliphatic carbocycles. The van der Waals surface area contributed by atoms with Crippen molar-refractivity contribution in [1.82, 2.24) is 0 Å². The number of unbranched alkanes of at least 4 members (excludes halogenated alkanes) is 2. The van der Waals surface area contributed by atoms with Crippen LogP contribution in [0, 0.1) is 0 Å². The molecule has 0 bridgehead atoms. The van der Waals surface area contributed by atoms with E-state index in [1.54, 1.807) is 7.11 Å². The Morgan fingerprint density at radius 2 is 1.95 bits per heavy atom. The molecule has 0 heterocycles. The Hall–Kier alpha value is -1.24. The monoisotopic (exact) mass is 272 g/mol. The van der Waals surface area contributed by atoms with Crippen LogP contribution in [-0.2, 0) is 4.74 Å². The van der Waals surface area contributed by atoms with E-state index in [1.165, 1.54) is 43.2 Å². The Kier molecular flexibility index (Phi) is 5.70. The van der Waals surface area contributed by atoms with Gasteiger partial charge >= 0.3 is 0 Å². The minimum Gasteiger partial charge on any atom is -0.501 e. The fraction of sp³-hybridized carbons (Fsp3) is 0.579. The molecule has 0 amide bonds. The zero-order valence-corrected chi connectivity index (χ0v) is 13.2. The normalized spacial score (nSPS) is 19.8. The van der Waals surface area contributed by atoms with Crippen molar-refractivity contribution in [3.8, 4) is 0 Å². The zero-order valence-electron chi connectivity index (χ0n) is 13.2. The summed E-state index contributed by atoms with van der Waals surface area (Å²) in [7, 11) is 1.77. The van der Waals surface area contributed by atoms with Crippen molar-refractivity contribution >= 4 is 0 Å². The molecule has 1 heteroatoms. The summed E-state index contributed by atoms with van der Waals surface area (Å²) in [6.07, 6.45) is 9.87. The number of benzene rings is 1. The molecule has 2 rings (SSSR count). The molecule has 0 aromatic heterocycles. The molecular formula is C19H28O. The van der Waals surface area contributed by atoms with Crippen molar-refractivity contribution in [2.75, 3.05) is 7.11 Å². The standard InChI is InChI=1S/C19H28O/c1-4-5-6-7-15(2)16-8-10-17(11-9-16)18-12-13-19(14-18)20-3/h8-11,14-15,18H,4-7,12-13H2,1-3H3/t15?,18-/m1/s1. The predicted octanol–water partition coefficient (Wildman–Crippen LogP) is 5.78. The molecule has 0 N–H and O–H groups in total. The molecular weight excluding hydrogens is 244 g/mol. The second-order valence-corrected chi connectivity index (χ2v) is 6.05. The second kappa shape index (κ2) is 7.52. The fourth-order valence-corrected chi connectivity index (χ4v) is 3.06. The first-order valence-electron chi connectivity index (χ1n) is 8.09. The lowest BCUT2D eigenvalue weighted by Gasteiger charge is -2.14. The van der Waals surface area contributed by atoms with Crippen LogP contribution in [0.15, 0.2) is 36.1 Å². The molecule has 0 saturated carbocycles. The van der Waals surface area contributed by atoms with Crippen molar-refractivity contribution in [3.63, 3.8) is 0 Å². The van der Waals surface area contributed by atoms with E-state index < -0.39 is 0 Å². The van der Waals surface area contributed by atoms with Crippen LogP contribution in [-0.4, -0.2) is 7.11 Å². The SMILES string of the molecule is CCCCCC(C)c1ccc([C@H]2C=C(OC)CC2)cc1. The van der Waals surface area contributed by atoms with Crippen LogP contribution in [0.4, 0.5) is 0 Å². The summed E-state index contributed by atoms with van der Waals surface area (Å²) in [5, 5.41) is 0. The number of methoxy groups -OCH3 is 1. The van der Waals surface area contributed by atoms with Gasteiger partial charge in [-0.05, 0) is 36.0 Å². The summed E-state index contributed by atoms with van der Waals surface area (Å²) >= 11 is 0. The van der Waals surface area contributed by atoms with Crippen LogP contribution in [0.3, 0.4) is 0 Å². The molecule has 20 heavy (non-hydrogen) atoms. The third-order valence-corrected chi connectivity index (χ3v) is 4.53.